The number of carbonyl (C=O) groups is 2. The summed E-state index contributed by atoms with van der Waals surface area (Å²) in [6, 6.07) is 11.0. The molecule has 0 atom stereocenters. The third-order valence-electron chi connectivity index (χ3n) is 5.44. The molecule has 0 radical (unpaired) electrons. The topological polar surface area (TPSA) is 46.6 Å². The fraction of sp³-hybridized carbons (Fsp3) is 0.333. The Morgan fingerprint density at radius 1 is 1.22 bits per heavy atom. The minimum absolute atomic E-state index is 0.00230. The summed E-state index contributed by atoms with van der Waals surface area (Å²) < 4.78 is 7.09. The summed E-state index contributed by atoms with van der Waals surface area (Å²) in [4.78, 5) is 27.3. The number of halogens is 2. The van der Waals surface area contributed by atoms with Crippen LogP contribution in [0.3, 0.4) is 0 Å². The lowest BCUT2D eigenvalue weighted by molar-refractivity contribution is -0.00575. The maximum absolute atomic E-state index is 12.8. The van der Waals surface area contributed by atoms with Crippen molar-refractivity contribution in [3.8, 4) is 5.75 Å². The SMILES string of the molecule is Cc1cc2c(cc1Cl)C(=O)CC1(CCN(C(=O)c3ccccc3Br)CC1)O2. The molecule has 2 aliphatic rings. The maximum Gasteiger partial charge on any atom is 0.255 e. The van der Waals surface area contributed by atoms with Crippen molar-refractivity contribution in [2.75, 3.05) is 13.1 Å². The van der Waals surface area contributed by atoms with Crippen LogP contribution in [0.15, 0.2) is 40.9 Å². The van der Waals surface area contributed by atoms with Crippen molar-refractivity contribution in [2.45, 2.75) is 31.8 Å². The van der Waals surface area contributed by atoms with E-state index in [4.69, 9.17) is 16.3 Å². The molecule has 1 fully saturated rings. The lowest BCUT2D eigenvalue weighted by Gasteiger charge is -2.44. The molecule has 6 heteroatoms. The van der Waals surface area contributed by atoms with E-state index in [2.05, 4.69) is 15.9 Å². The van der Waals surface area contributed by atoms with Gasteiger partial charge in [-0.3, -0.25) is 9.59 Å². The highest BCUT2D eigenvalue weighted by Gasteiger charge is 2.44. The summed E-state index contributed by atoms with van der Waals surface area (Å²) in [5, 5.41) is 0.579. The Morgan fingerprint density at radius 3 is 2.63 bits per heavy atom. The smallest absolute Gasteiger partial charge is 0.255 e. The Hall–Kier alpha value is -1.85. The van der Waals surface area contributed by atoms with Crippen molar-refractivity contribution in [1.82, 2.24) is 4.90 Å². The van der Waals surface area contributed by atoms with Gasteiger partial charge in [0.05, 0.1) is 17.5 Å². The third-order valence-corrected chi connectivity index (χ3v) is 6.54. The molecule has 1 spiro atoms. The summed E-state index contributed by atoms with van der Waals surface area (Å²) >= 11 is 9.60. The van der Waals surface area contributed by atoms with Crippen LogP contribution in [-0.4, -0.2) is 35.3 Å². The van der Waals surface area contributed by atoms with Gasteiger partial charge in [0, 0.05) is 35.4 Å². The zero-order valence-electron chi connectivity index (χ0n) is 14.9. The summed E-state index contributed by atoms with van der Waals surface area (Å²) in [5.74, 6) is 0.671. The van der Waals surface area contributed by atoms with Gasteiger partial charge in [-0.1, -0.05) is 23.7 Å². The average Bonchev–Trinajstić information content (AvgIpc) is 2.64. The Labute approximate surface area is 171 Å². The van der Waals surface area contributed by atoms with Crippen LogP contribution in [0.25, 0.3) is 0 Å². The van der Waals surface area contributed by atoms with Crippen molar-refractivity contribution in [2.24, 2.45) is 0 Å². The Kier molecular flexibility index (Phi) is 4.77. The largest absolute Gasteiger partial charge is 0.486 e. The van der Waals surface area contributed by atoms with E-state index in [1.165, 1.54) is 0 Å². The molecule has 0 saturated carbocycles. The lowest BCUT2D eigenvalue weighted by Crippen LogP contribution is -2.52. The number of likely N-dealkylation sites (tertiary alicyclic amines) is 1. The van der Waals surface area contributed by atoms with Crippen LogP contribution in [-0.2, 0) is 0 Å². The zero-order chi connectivity index (χ0) is 19.2. The Bertz CT molecular complexity index is 935. The molecule has 0 N–H and O–H groups in total. The van der Waals surface area contributed by atoms with Crippen molar-refractivity contribution >= 4 is 39.2 Å². The van der Waals surface area contributed by atoms with E-state index in [1.807, 2.05) is 42.2 Å². The maximum atomic E-state index is 12.8. The highest BCUT2D eigenvalue weighted by Crippen LogP contribution is 2.41. The molecule has 2 aromatic rings. The van der Waals surface area contributed by atoms with Gasteiger partial charge in [0.1, 0.15) is 11.4 Å². The van der Waals surface area contributed by atoms with Gasteiger partial charge in [-0.15, -0.1) is 0 Å². The van der Waals surface area contributed by atoms with E-state index in [0.717, 1.165) is 10.0 Å². The van der Waals surface area contributed by atoms with Gasteiger partial charge < -0.3 is 9.64 Å². The third kappa shape index (κ3) is 3.39. The number of aryl methyl sites for hydroxylation is 1. The second-order valence-electron chi connectivity index (χ2n) is 7.25. The van der Waals surface area contributed by atoms with Gasteiger partial charge in [-0.2, -0.15) is 0 Å². The van der Waals surface area contributed by atoms with Crippen LogP contribution in [0, 0.1) is 6.92 Å². The van der Waals surface area contributed by atoms with Crippen molar-refractivity contribution in [3.05, 3.63) is 62.6 Å². The number of nitrogens with zero attached hydrogens (tertiary/aromatic N) is 1. The Morgan fingerprint density at radius 2 is 1.93 bits per heavy atom. The van der Waals surface area contributed by atoms with Crippen molar-refractivity contribution < 1.29 is 14.3 Å². The van der Waals surface area contributed by atoms with Gasteiger partial charge in [-0.05, 0) is 52.7 Å². The van der Waals surface area contributed by atoms with Crippen molar-refractivity contribution in [1.29, 1.82) is 0 Å². The molecule has 4 rings (SSSR count). The predicted molar refractivity (Wildman–Crippen MR) is 108 cm³/mol. The first-order chi connectivity index (χ1) is 12.9. The number of rotatable bonds is 1. The van der Waals surface area contributed by atoms with Crippen LogP contribution >= 0.6 is 27.5 Å². The first-order valence-corrected chi connectivity index (χ1v) is 10.1. The van der Waals surface area contributed by atoms with E-state index in [0.29, 0.717) is 54.3 Å². The summed E-state index contributed by atoms with van der Waals surface area (Å²) in [6.45, 7) is 3.03. The number of ether oxygens (including phenoxy) is 1. The first kappa shape index (κ1) is 18.5. The van der Waals surface area contributed by atoms with Gasteiger partial charge in [0.15, 0.2) is 5.78 Å². The van der Waals surface area contributed by atoms with Gasteiger partial charge in [-0.25, -0.2) is 0 Å². The normalized spacial score (nSPS) is 18.2. The van der Waals surface area contributed by atoms with Gasteiger partial charge in [0.25, 0.3) is 5.91 Å². The number of fused-ring (bicyclic) bond motifs is 1. The zero-order valence-corrected chi connectivity index (χ0v) is 17.3. The van der Waals surface area contributed by atoms with E-state index in [1.54, 1.807) is 6.07 Å². The molecule has 1 saturated heterocycles. The second kappa shape index (κ2) is 6.95. The lowest BCUT2D eigenvalue weighted by atomic mass is 9.82. The number of benzene rings is 2. The number of Topliss-reactive ketones (excluding diaryl/α,β-unsaturated/α-hetero) is 1. The fourth-order valence-corrected chi connectivity index (χ4v) is 4.43. The Balaban J connectivity index is 1.52. The number of amides is 1. The van der Waals surface area contributed by atoms with Crippen LogP contribution in [0.1, 0.15) is 45.5 Å². The van der Waals surface area contributed by atoms with Crippen molar-refractivity contribution in [3.63, 3.8) is 0 Å². The summed E-state index contributed by atoms with van der Waals surface area (Å²) in [5.41, 5.74) is 1.57. The highest BCUT2D eigenvalue weighted by molar-refractivity contribution is 9.10. The molecular weight excluding hydrogens is 430 g/mol. The van der Waals surface area contributed by atoms with E-state index in [-0.39, 0.29) is 11.7 Å². The molecule has 1 amide bonds. The predicted octanol–water partition coefficient (Wildman–Crippen LogP) is 5.05. The molecule has 27 heavy (non-hydrogen) atoms. The molecule has 0 aromatic heterocycles. The number of ketones is 1. The molecule has 2 aromatic carbocycles. The highest BCUT2D eigenvalue weighted by atomic mass is 79.9. The molecule has 4 nitrogen and oxygen atoms in total. The molecule has 2 aliphatic heterocycles. The number of piperidine rings is 1. The van der Waals surface area contributed by atoms with Crippen LogP contribution < -0.4 is 4.74 Å². The first-order valence-electron chi connectivity index (χ1n) is 8.95. The molecule has 2 heterocycles. The van der Waals surface area contributed by atoms with Crippen LogP contribution in [0.5, 0.6) is 5.75 Å². The number of hydrogen-bond acceptors (Lipinski definition) is 3. The molecular formula is C21H19BrClNO3. The van der Waals surface area contributed by atoms with E-state index >= 15 is 0 Å². The fourth-order valence-electron chi connectivity index (χ4n) is 3.82. The minimum atomic E-state index is -0.533. The monoisotopic (exact) mass is 447 g/mol. The van der Waals surface area contributed by atoms with Crippen LogP contribution in [0.4, 0.5) is 0 Å². The van der Waals surface area contributed by atoms with Gasteiger partial charge >= 0.3 is 0 Å². The second-order valence-corrected chi connectivity index (χ2v) is 8.52. The summed E-state index contributed by atoms with van der Waals surface area (Å²) in [6.07, 6.45) is 1.60. The average molecular weight is 449 g/mol. The van der Waals surface area contributed by atoms with Gasteiger partial charge in [0.2, 0.25) is 0 Å². The molecule has 0 bridgehead atoms. The molecule has 0 unspecified atom stereocenters. The molecule has 140 valence electrons. The van der Waals surface area contributed by atoms with Crippen LogP contribution in [0.2, 0.25) is 5.02 Å². The number of carbonyl (C=O) groups excluding carboxylic acids is 2. The summed E-state index contributed by atoms with van der Waals surface area (Å²) in [7, 11) is 0. The molecule has 0 aliphatic carbocycles. The van der Waals surface area contributed by atoms with E-state index in [9.17, 15) is 9.59 Å². The minimum Gasteiger partial charge on any atom is -0.486 e. The number of hydrogen-bond donors (Lipinski definition) is 0. The van der Waals surface area contributed by atoms with E-state index < -0.39 is 5.60 Å². The standard InChI is InChI=1S/C21H19BrClNO3/c1-13-10-19-15(11-17(13)23)18(25)12-21(27-19)6-8-24(9-7-21)20(26)14-4-2-3-5-16(14)22/h2-5,10-11H,6-9,12H2,1H3. The quantitative estimate of drug-likeness (QED) is 0.613.